The first-order valence-electron chi connectivity index (χ1n) is 7.66. The van der Waals surface area contributed by atoms with Crippen LogP contribution in [0.2, 0.25) is 0 Å². The van der Waals surface area contributed by atoms with E-state index in [-0.39, 0.29) is 17.7 Å². The Morgan fingerprint density at radius 2 is 2.16 bits per heavy atom. The van der Waals surface area contributed by atoms with Crippen LogP contribution in [0.25, 0.3) is 0 Å². The van der Waals surface area contributed by atoms with Crippen molar-refractivity contribution in [1.82, 2.24) is 19.8 Å². The number of thioether (sulfide) groups is 1. The van der Waals surface area contributed by atoms with Gasteiger partial charge in [-0.1, -0.05) is 11.8 Å². The molecule has 4 rings (SSSR count). The van der Waals surface area contributed by atoms with Gasteiger partial charge in [-0.15, -0.1) is 10.2 Å². The van der Waals surface area contributed by atoms with Gasteiger partial charge in [-0.25, -0.2) is 5.01 Å². The summed E-state index contributed by atoms with van der Waals surface area (Å²) in [5.74, 6) is 1.43. The molecule has 0 bridgehead atoms. The van der Waals surface area contributed by atoms with Crippen LogP contribution in [0.4, 0.5) is 0 Å². The maximum absolute atomic E-state index is 12.7. The van der Waals surface area contributed by atoms with E-state index in [0.29, 0.717) is 23.1 Å². The van der Waals surface area contributed by atoms with Crippen molar-refractivity contribution >= 4 is 23.4 Å². The fraction of sp³-hybridized carbons (Fsp3) is 0.250. The first-order chi connectivity index (χ1) is 12.2. The standard InChI is InChI=1S/C16H15N5O3S/c1-20-10-17-18-16(20)25-9-15(22)21-12(14-5-3-7-24-14)8-11(19-21)13-4-2-6-23-13/h2-7,10,12H,8-9H2,1H3. The van der Waals surface area contributed by atoms with Gasteiger partial charge in [0.25, 0.3) is 5.91 Å². The fourth-order valence-corrected chi connectivity index (χ4v) is 3.37. The number of carbonyl (C=O) groups is 1. The van der Waals surface area contributed by atoms with Crippen LogP contribution in [-0.2, 0) is 11.8 Å². The molecule has 0 spiro atoms. The predicted octanol–water partition coefficient (Wildman–Crippen LogP) is 2.47. The van der Waals surface area contributed by atoms with Crippen molar-refractivity contribution in [2.45, 2.75) is 17.6 Å². The van der Waals surface area contributed by atoms with Crippen molar-refractivity contribution in [2.24, 2.45) is 12.1 Å². The van der Waals surface area contributed by atoms with E-state index in [1.165, 1.54) is 16.8 Å². The highest BCUT2D eigenvalue weighted by Crippen LogP contribution is 2.33. The largest absolute Gasteiger partial charge is 0.467 e. The van der Waals surface area contributed by atoms with Crippen LogP contribution in [0, 0.1) is 0 Å². The van der Waals surface area contributed by atoms with Gasteiger partial charge in [-0.3, -0.25) is 4.79 Å². The highest BCUT2D eigenvalue weighted by atomic mass is 32.2. The lowest BCUT2D eigenvalue weighted by atomic mass is 10.1. The first-order valence-corrected chi connectivity index (χ1v) is 8.64. The van der Waals surface area contributed by atoms with E-state index in [0.717, 1.165) is 5.71 Å². The number of carbonyl (C=O) groups excluding carboxylic acids is 1. The second-order valence-corrected chi connectivity index (χ2v) is 6.45. The Hall–Kier alpha value is -2.81. The zero-order valence-corrected chi connectivity index (χ0v) is 14.2. The summed E-state index contributed by atoms with van der Waals surface area (Å²) in [6.45, 7) is 0. The lowest BCUT2D eigenvalue weighted by Crippen LogP contribution is -2.28. The summed E-state index contributed by atoms with van der Waals surface area (Å²) in [6.07, 6.45) is 5.33. The van der Waals surface area contributed by atoms with E-state index in [1.54, 1.807) is 35.6 Å². The van der Waals surface area contributed by atoms with Crippen molar-refractivity contribution < 1.29 is 13.6 Å². The third kappa shape index (κ3) is 3.10. The minimum absolute atomic E-state index is 0.129. The Morgan fingerprint density at radius 3 is 2.84 bits per heavy atom. The number of amides is 1. The molecule has 0 saturated heterocycles. The lowest BCUT2D eigenvalue weighted by Gasteiger charge is -2.19. The molecule has 0 saturated carbocycles. The quantitative estimate of drug-likeness (QED) is 0.652. The molecule has 0 aliphatic carbocycles. The van der Waals surface area contributed by atoms with Crippen molar-refractivity contribution in [2.75, 3.05) is 5.75 Å². The van der Waals surface area contributed by atoms with Crippen molar-refractivity contribution in [3.8, 4) is 0 Å². The molecule has 0 aromatic carbocycles. The maximum atomic E-state index is 12.7. The van der Waals surface area contributed by atoms with Crippen LogP contribution >= 0.6 is 11.8 Å². The number of nitrogens with zero attached hydrogens (tertiary/aromatic N) is 5. The Morgan fingerprint density at radius 1 is 1.32 bits per heavy atom. The normalized spacial score (nSPS) is 17.1. The summed E-state index contributed by atoms with van der Waals surface area (Å²) in [5.41, 5.74) is 0.725. The number of hydrazone groups is 1. The van der Waals surface area contributed by atoms with E-state index >= 15 is 0 Å². The van der Waals surface area contributed by atoms with E-state index < -0.39 is 0 Å². The molecule has 1 aliphatic heterocycles. The number of hydrogen-bond acceptors (Lipinski definition) is 7. The molecule has 1 atom stereocenters. The number of rotatable bonds is 5. The average Bonchev–Trinajstić information content (AvgIpc) is 3.38. The molecule has 0 N–H and O–H groups in total. The van der Waals surface area contributed by atoms with Gasteiger partial charge >= 0.3 is 0 Å². The third-order valence-corrected chi connectivity index (χ3v) is 4.86. The molecular formula is C16H15N5O3S. The van der Waals surface area contributed by atoms with Crippen LogP contribution in [0.5, 0.6) is 0 Å². The van der Waals surface area contributed by atoms with Gasteiger partial charge in [0.1, 0.15) is 29.6 Å². The molecule has 3 aromatic heterocycles. The summed E-state index contributed by atoms with van der Waals surface area (Å²) in [4.78, 5) is 12.7. The third-order valence-electron chi connectivity index (χ3n) is 3.84. The fourth-order valence-electron chi connectivity index (χ4n) is 2.63. The predicted molar refractivity (Wildman–Crippen MR) is 89.9 cm³/mol. The first kappa shape index (κ1) is 15.7. The second-order valence-electron chi connectivity index (χ2n) is 5.51. The molecule has 25 heavy (non-hydrogen) atoms. The monoisotopic (exact) mass is 357 g/mol. The molecule has 4 heterocycles. The molecule has 1 amide bonds. The summed E-state index contributed by atoms with van der Waals surface area (Å²) < 4.78 is 12.7. The summed E-state index contributed by atoms with van der Waals surface area (Å²) >= 11 is 1.32. The topological polar surface area (TPSA) is 89.7 Å². The molecule has 0 fully saturated rings. The van der Waals surface area contributed by atoms with Crippen molar-refractivity contribution in [1.29, 1.82) is 0 Å². The molecule has 9 heteroatoms. The van der Waals surface area contributed by atoms with Crippen LogP contribution in [0.15, 0.2) is 62.2 Å². The van der Waals surface area contributed by atoms with Crippen LogP contribution in [0.1, 0.15) is 24.0 Å². The van der Waals surface area contributed by atoms with Gasteiger partial charge in [0, 0.05) is 13.5 Å². The van der Waals surface area contributed by atoms with Gasteiger partial charge in [0.05, 0.1) is 18.3 Å². The maximum Gasteiger partial charge on any atom is 0.253 e. The Balaban J connectivity index is 1.55. The van der Waals surface area contributed by atoms with Gasteiger partial charge in [0.15, 0.2) is 5.16 Å². The molecular weight excluding hydrogens is 342 g/mol. The van der Waals surface area contributed by atoms with Crippen LogP contribution in [0.3, 0.4) is 0 Å². The number of hydrogen-bond donors (Lipinski definition) is 0. The lowest BCUT2D eigenvalue weighted by molar-refractivity contribution is -0.130. The zero-order chi connectivity index (χ0) is 17.2. The molecule has 128 valence electrons. The van der Waals surface area contributed by atoms with E-state index in [2.05, 4.69) is 15.3 Å². The van der Waals surface area contributed by atoms with Gasteiger partial charge in [0.2, 0.25) is 0 Å². The molecule has 8 nitrogen and oxygen atoms in total. The molecule has 1 unspecified atom stereocenters. The van der Waals surface area contributed by atoms with E-state index in [1.807, 2.05) is 19.2 Å². The summed E-state index contributed by atoms with van der Waals surface area (Å²) in [6, 6.07) is 7.01. The Kier molecular flexibility index (Phi) is 4.14. The number of aryl methyl sites for hydroxylation is 1. The van der Waals surface area contributed by atoms with Crippen molar-refractivity contribution in [3.63, 3.8) is 0 Å². The van der Waals surface area contributed by atoms with Gasteiger partial charge < -0.3 is 13.4 Å². The van der Waals surface area contributed by atoms with Crippen LogP contribution in [-0.4, -0.2) is 37.1 Å². The Labute approximate surface area is 147 Å². The summed E-state index contributed by atoms with van der Waals surface area (Å²) in [5, 5.41) is 14.4. The average molecular weight is 357 g/mol. The summed E-state index contributed by atoms with van der Waals surface area (Å²) in [7, 11) is 1.83. The molecule has 1 aliphatic rings. The smallest absolute Gasteiger partial charge is 0.253 e. The number of aromatic nitrogens is 3. The Bertz CT molecular complexity index is 885. The van der Waals surface area contributed by atoms with Crippen LogP contribution < -0.4 is 0 Å². The van der Waals surface area contributed by atoms with Gasteiger partial charge in [-0.05, 0) is 24.3 Å². The molecule has 3 aromatic rings. The highest BCUT2D eigenvalue weighted by molar-refractivity contribution is 7.99. The van der Waals surface area contributed by atoms with E-state index in [4.69, 9.17) is 8.83 Å². The van der Waals surface area contributed by atoms with Crippen molar-refractivity contribution in [3.05, 3.63) is 54.6 Å². The van der Waals surface area contributed by atoms with E-state index in [9.17, 15) is 4.79 Å². The highest BCUT2D eigenvalue weighted by Gasteiger charge is 2.35. The number of furan rings is 2. The van der Waals surface area contributed by atoms with Gasteiger partial charge in [-0.2, -0.15) is 5.10 Å². The molecule has 0 radical (unpaired) electrons. The minimum Gasteiger partial charge on any atom is -0.467 e. The minimum atomic E-state index is -0.275. The zero-order valence-electron chi connectivity index (χ0n) is 13.4. The second kappa shape index (κ2) is 6.60. The SMILES string of the molecule is Cn1cnnc1SCC(=O)N1N=C(c2ccco2)CC1c1ccco1.